The summed E-state index contributed by atoms with van der Waals surface area (Å²) in [5.41, 5.74) is 0.505. The number of hydrogen-bond acceptors (Lipinski definition) is 5. The summed E-state index contributed by atoms with van der Waals surface area (Å²) >= 11 is 2.17. The van der Waals surface area contributed by atoms with Gasteiger partial charge in [0.2, 0.25) is 0 Å². The number of nitrogens with zero attached hydrogens (tertiary/aromatic N) is 1. The first-order valence-corrected chi connectivity index (χ1v) is 5.88. The van der Waals surface area contributed by atoms with E-state index in [2.05, 4.69) is 37.1 Å². The van der Waals surface area contributed by atoms with E-state index >= 15 is 0 Å². The standard InChI is InChI=1S/C9H14INO4/c1-14-8(12)5-7(11-4-3-10)6-9(13)15-2/h3-6H2,1-2H3. The molecule has 0 radical (unpaired) electrons. The van der Waals surface area contributed by atoms with E-state index in [-0.39, 0.29) is 12.8 Å². The van der Waals surface area contributed by atoms with E-state index in [0.29, 0.717) is 12.3 Å². The van der Waals surface area contributed by atoms with Gasteiger partial charge in [0.25, 0.3) is 0 Å². The molecule has 6 heteroatoms. The monoisotopic (exact) mass is 327 g/mol. The van der Waals surface area contributed by atoms with E-state index in [1.165, 1.54) is 14.2 Å². The van der Waals surface area contributed by atoms with Gasteiger partial charge in [0.05, 0.1) is 27.1 Å². The van der Waals surface area contributed by atoms with E-state index in [0.717, 1.165) is 4.43 Å². The van der Waals surface area contributed by atoms with Crippen molar-refractivity contribution in [3.8, 4) is 0 Å². The molecule has 0 saturated carbocycles. The smallest absolute Gasteiger partial charge is 0.311 e. The summed E-state index contributed by atoms with van der Waals surface area (Å²) < 4.78 is 9.84. The van der Waals surface area contributed by atoms with Crippen LogP contribution in [0.2, 0.25) is 0 Å². The van der Waals surface area contributed by atoms with Crippen molar-refractivity contribution in [2.75, 3.05) is 25.2 Å². The molecule has 0 aliphatic rings. The number of aliphatic imine (C=N–C) groups is 1. The van der Waals surface area contributed by atoms with Crippen LogP contribution in [0.15, 0.2) is 4.99 Å². The fourth-order valence-electron chi connectivity index (χ4n) is 0.852. The third kappa shape index (κ3) is 7.29. The van der Waals surface area contributed by atoms with Gasteiger partial charge >= 0.3 is 11.9 Å². The van der Waals surface area contributed by atoms with Gasteiger partial charge in [-0.05, 0) is 0 Å². The van der Waals surface area contributed by atoms with Gasteiger partial charge in [0.15, 0.2) is 0 Å². The van der Waals surface area contributed by atoms with Crippen molar-refractivity contribution in [1.82, 2.24) is 0 Å². The molecular weight excluding hydrogens is 313 g/mol. The van der Waals surface area contributed by atoms with Gasteiger partial charge in [0.1, 0.15) is 0 Å². The lowest BCUT2D eigenvalue weighted by molar-refractivity contribution is -0.139. The number of carbonyl (C=O) groups excluding carboxylic acids is 2. The van der Waals surface area contributed by atoms with Crippen molar-refractivity contribution in [2.45, 2.75) is 12.8 Å². The summed E-state index contributed by atoms with van der Waals surface area (Å²) in [6, 6.07) is 0. The maximum Gasteiger partial charge on any atom is 0.311 e. The highest BCUT2D eigenvalue weighted by Gasteiger charge is 2.12. The Balaban J connectivity index is 4.30. The summed E-state index contributed by atoms with van der Waals surface area (Å²) in [5.74, 6) is -0.794. The molecule has 0 fully saturated rings. The number of alkyl halides is 1. The van der Waals surface area contributed by atoms with Crippen LogP contribution in [0.1, 0.15) is 12.8 Å². The predicted molar refractivity (Wildman–Crippen MR) is 64.5 cm³/mol. The Morgan fingerprint density at radius 2 is 1.60 bits per heavy atom. The van der Waals surface area contributed by atoms with Crippen molar-refractivity contribution in [3.05, 3.63) is 0 Å². The molecule has 0 heterocycles. The minimum atomic E-state index is -0.397. The molecule has 0 aromatic heterocycles. The molecule has 0 aliphatic heterocycles. The second-order valence-corrected chi connectivity index (χ2v) is 3.72. The summed E-state index contributed by atoms with van der Waals surface area (Å²) in [6.45, 7) is 0.587. The second-order valence-electron chi connectivity index (χ2n) is 2.64. The van der Waals surface area contributed by atoms with Crippen LogP contribution in [0, 0.1) is 0 Å². The molecule has 0 spiro atoms. The van der Waals surface area contributed by atoms with Crippen LogP contribution >= 0.6 is 22.6 Å². The lowest BCUT2D eigenvalue weighted by Crippen LogP contribution is -2.15. The molecule has 15 heavy (non-hydrogen) atoms. The molecule has 0 unspecified atom stereocenters. The van der Waals surface area contributed by atoms with Gasteiger partial charge in [0, 0.05) is 16.7 Å². The third-order valence-corrected chi connectivity index (χ3v) is 2.05. The van der Waals surface area contributed by atoms with Crippen LogP contribution in [0.4, 0.5) is 0 Å². The van der Waals surface area contributed by atoms with E-state index < -0.39 is 11.9 Å². The Morgan fingerprint density at radius 3 is 1.93 bits per heavy atom. The summed E-state index contributed by atoms with van der Waals surface area (Å²) in [7, 11) is 2.60. The zero-order valence-corrected chi connectivity index (χ0v) is 10.9. The highest BCUT2D eigenvalue weighted by atomic mass is 127. The Bertz CT molecular complexity index is 232. The molecule has 0 bridgehead atoms. The van der Waals surface area contributed by atoms with E-state index in [9.17, 15) is 9.59 Å². The Labute approximate surface area is 102 Å². The minimum absolute atomic E-state index is 0.0439. The molecule has 0 rings (SSSR count). The van der Waals surface area contributed by atoms with E-state index in [1.807, 2.05) is 0 Å². The fraction of sp³-hybridized carbons (Fsp3) is 0.667. The normalized spacial score (nSPS) is 9.27. The summed E-state index contributed by atoms with van der Waals surface area (Å²) in [4.78, 5) is 26.1. The molecule has 0 aromatic carbocycles. The summed E-state index contributed by atoms with van der Waals surface area (Å²) in [6.07, 6.45) is 0.0878. The number of carbonyl (C=O) groups is 2. The minimum Gasteiger partial charge on any atom is -0.469 e. The SMILES string of the molecule is COC(=O)CC(CC(=O)OC)=NCCI. The first-order chi connectivity index (χ1) is 7.13. The molecule has 0 aliphatic carbocycles. The molecule has 0 N–H and O–H groups in total. The number of methoxy groups -OCH3 is 2. The highest BCUT2D eigenvalue weighted by molar-refractivity contribution is 14.1. The van der Waals surface area contributed by atoms with Crippen LogP contribution < -0.4 is 0 Å². The zero-order chi connectivity index (χ0) is 11.7. The Hall–Kier alpha value is -0.660. The average molecular weight is 327 g/mol. The van der Waals surface area contributed by atoms with Gasteiger partial charge in [-0.1, -0.05) is 22.6 Å². The Kier molecular flexibility index (Phi) is 8.25. The number of ether oxygens (including phenoxy) is 2. The molecule has 5 nitrogen and oxygen atoms in total. The number of rotatable bonds is 6. The van der Waals surface area contributed by atoms with E-state index in [1.54, 1.807) is 0 Å². The number of esters is 2. The van der Waals surface area contributed by atoms with Crippen LogP contribution in [-0.4, -0.2) is 42.8 Å². The first kappa shape index (κ1) is 14.3. The second kappa shape index (κ2) is 8.63. The topological polar surface area (TPSA) is 65.0 Å². The van der Waals surface area contributed by atoms with Crippen LogP contribution in [0.5, 0.6) is 0 Å². The van der Waals surface area contributed by atoms with Gasteiger partial charge in [-0.25, -0.2) is 0 Å². The quantitative estimate of drug-likeness (QED) is 0.316. The van der Waals surface area contributed by atoms with Crippen LogP contribution in [-0.2, 0) is 19.1 Å². The molecule has 0 atom stereocenters. The maximum atomic E-state index is 11.0. The molecule has 0 amide bonds. The molecular formula is C9H14INO4. The molecule has 0 aromatic rings. The van der Waals surface area contributed by atoms with E-state index in [4.69, 9.17) is 0 Å². The van der Waals surface area contributed by atoms with Gasteiger partial charge in [-0.3, -0.25) is 14.6 Å². The molecule has 86 valence electrons. The zero-order valence-electron chi connectivity index (χ0n) is 8.79. The highest BCUT2D eigenvalue weighted by Crippen LogP contribution is 1.99. The van der Waals surface area contributed by atoms with Crippen LogP contribution in [0.3, 0.4) is 0 Å². The van der Waals surface area contributed by atoms with Gasteiger partial charge < -0.3 is 9.47 Å². The van der Waals surface area contributed by atoms with Gasteiger partial charge in [-0.15, -0.1) is 0 Å². The number of halogens is 1. The molecule has 0 saturated heterocycles. The van der Waals surface area contributed by atoms with Crippen molar-refractivity contribution in [2.24, 2.45) is 4.99 Å². The largest absolute Gasteiger partial charge is 0.469 e. The Morgan fingerprint density at radius 1 is 1.13 bits per heavy atom. The lowest BCUT2D eigenvalue weighted by atomic mass is 10.2. The van der Waals surface area contributed by atoms with Gasteiger partial charge in [-0.2, -0.15) is 0 Å². The predicted octanol–water partition coefficient (Wildman–Crippen LogP) is 0.989. The first-order valence-electron chi connectivity index (χ1n) is 4.35. The van der Waals surface area contributed by atoms with Crippen molar-refractivity contribution in [1.29, 1.82) is 0 Å². The van der Waals surface area contributed by atoms with Crippen molar-refractivity contribution in [3.63, 3.8) is 0 Å². The average Bonchev–Trinajstić information content (AvgIpc) is 2.25. The summed E-state index contributed by atoms with van der Waals surface area (Å²) in [5, 5.41) is 0. The lowest BCUT2D eigenvalue weighted by Gasteiger charge is -2.04. The van der Waals surface area contributed by atoms with Crippen LogP contribution in [0.25, 0.3) is 0 Å². The third-order valence-electron chi connectivity index (χ3n) is 1.57. The fourth-order valence-corrected chi connectivity index (χ4v) is 1.09. The number of hydrogen-bond donors (Lipinski definition) is 0. The van der Waals surface area contributed by atoms with Crippen molar-refractivity contribution < 1.29 is 19.1 Å². The maximum absolute atomic E-state index is 11.0. The van der Waals surface area contributed by atoms with Crippen molar-refractivity contribution >= 4 is 40.2 Å².